The minimum atomic E-state index is 0.504. The van der Waals surface area contributed by atoms with Crippen molar-refractivity contribution in [3.8, 4) is 23.3 Å². The molecule has 0 radical (unpaired) electrons. The van der Waals surface area contributed by atoms with E-state index in [0.717, 1.165) is 5.69 Å². The second-order valence-electron chi connectivity index (χ2n) is 4.19. The minimum Gasteiger partial charge on any atom is -0.495 e. The number of ether oxygens (including phenoxy) is 3. The van der Waals surface area contributed by atoms with Gasteiger partial charge in [-0.15, -0.1) is 0 Å². The van der Waals surface area contributed by atoms with Crippen LogP contribution in [0.5, 0.6) is 17.2 Å². The highest BCUT2D eigenvalue weighted by Gasteiger charge is 2.11. The second-order valence-corrected chi connectivity index (χ2v) is 4.19. The van der Waals surface area contributed by atoms with E-state index in [9.17, 15) is 5.26 Å². The first-order valence-electron chi connectivity index (χ1n) is 6.29. The molecule has 0 spiro atoms. The molecule has 0 unspecified atom stereocenters. The van der Waals surface area contributed by atoms with E-state index in [1.165, 1.54) is 0 Å². The Bertz CT molecular complexity index is 678. The molecule has 0 bridgehead atoms. The first-order valence-corrected chi connectivity index (χ1v) is 6.29. The first kappa shape index (κ1) is 14.5. The van der Waals surface area contributed by atoms with Crippen molar-refractivity contribution in [1.29, 1.82) is 5.26 Å². The lowest BCUT2D eigenvalue weighted by Gasteiger charge is -2.14. The molecule has 0 aromatic heterocycles. The highest BCUT2D eigenvalue weighted by Crippen LogP contribution is 2.35. The van der Waals surface area contributed by atoms with Crippen molar-refractivity contribution in [3.05, 3.63) is 42.0 Å². The summed E-state index contributed by atoms with van der Waals surface area (Å²) >= 11 is 0. The van der Waals surface area contributed by atoms with Crippen molar-refractivity contribution in [2.75, 3.05) is 26.6 Å². The molecule has 1 N–H and O–H groups in total. The van der Waals surface area contributed by atoms with Crippen LogP contribution in [0, 0.1) is 11.3 Å². The molecule has 21 heavy (non-hydrogen) atoms. The number of nitriles is 1. The van der Waals surface area contributed by atoms with Gasteiger partial charge in [-0.2, -0.15) is 5.26 Å². The third-order valence-corrected chi connectivity index (χ3v) is 3.02. The Labute approximate surface area is 123 Å². The average molecular weight is 284 g/mol. The van der Waals surface area contributed by atoms with Crippen LogP contribution in [-0.2, 0) is 0 Å². The Morgan fingerprint density at radius 2 is 1.62 bits per heavy atom. The lowest BCUT2D eigenvalue weighted by Crippen LogP contribution is -1.98. The van der Waals surface area contributed by atoms with Gasteiger partial charge in [-0.25, -0.2) is 0 Å². The van der Waals surface area contributed by atoms with Gasteiger partial charge in [-0.05, 0) is 24.3 Å². The zero-order valence-electron chi connectivity index (χ0n) is 12.1. The molecule has 0 amide bonds. The fourth-order valence-corrected chi connectivity index (χ4v) is 1.98. The number of para-hydroxylation sites is 1. The first-order chi connectivity index (χ1) is 10.2. The van der Waals surface area contributed by atoms with Crippen molar-refractivity contribution < 1.29 is 14.2 Å². The van der Waals surface area contributed by atoms with Gasteiger partial charge in [0, 0.05) is 11.8 Å². The summed E-state index contributed by atoms with van der Waals surface area (Å²) in [5, 5.41) is 12.4. The maximum Gasteiger partial charge on any atom is 0.162 e. The minimum absolute atomic E-state index is 0.504. The molecular weight excluding hydrogens is 268 g/mol. The van der Waals surface area contributed by atoms with E-state index in [2.05, 4.69) is 11.4 Å². The van der Waals surface area contributed by atoms with Crippen LogP contribution in [0.3, 0.4) is 0 Å². The van der Waals surface area contributed by atoms with Crippen LogP contribution in [0.4, 0.5) is 11.4 Å². The Kier molecular flexibility index (Phi) is 4.52. The zero-order chi connectivity index (χ0) is 15.2. The highest BCUT2D eigenvalue weighted by atomic mass is 16.5. The van der Waals surface area contributed by atoms with Crippen molar-refractivity contribution >= 4 is 11.4 Å². The molecule has 2 aromatic rings. The van der Waals surface area contributed by atoms with Crippen LogP contribution >= 0.6 is 0 Å². The number of anilines is 2. The largest absolute Gasteiger partial charge is 0.495 e. The number of nitrogens with one attached hydrogen (secondary N) is 1. The summed E-state index contributed by atoms with van der Waals surface area (Å²) in [6.45, 7) is 0. The summed E-state index contributed by atoms with van der Waals surface area (Å²) in [6, 6.07) is 12.9. The van der Waals surface area contributed by atoms with Gasteiger partial charge in [0.25, 0.3) is 0 Å². The van der Waals surface area contributed by atoms with Crippen molar-refractivity contribution in [1.82, 2.24) is 0 Å². The van der Waals surface area contributed by atoms with E-state index in [1.54, 1.807) is 51.7 Å². The predicted octanol–water partition coefficient (Wildman–Crippen LogP) is 3.33. The average Bonchev–Trinajstić information content (AvgIpc) is 2.54. The normalized spacial score (nSPS) is 9.62. The van der Waals surface area contributed by atoms with E-state index >= 15 is 0 Å². The van der Waals surface area contributed by atoms with Crippen LogP contribution < -0.4 is 19.5 Å². The Morgan fingerprint density at radius 3 is 2.24 bits per heavy atom. The molecule has 108 valence electrons. The molecule has 0 fully saturated rings. The van der Waals surface area contributed by atoms with Crippen LogP contribution in [0.25, 0.3) is 0 Å². The quantitative estimate of drug-likeness (QED) is 0.912. The molecule has 0 saturated carbocycles. The summed E-state index contributed by atoms with van der Waals surface area (Å²) in [5.74, 6) is 1.85. The molecule has 0 aliphatic heterocycles. The Balaban J connectivity index is 2.41. The summed E-state index contributed by atoms with van der Waals surface area (Å²) in [6.07, 6.45) is 0. The maximum atomic E-state index is 9.21. The number of hydrogen-bond acceptors (Lipinski definition) is 5. The van der Waals surface area contributed by atoms with E-state index in [1.807, 2.05) is 6.07 Å². The van der Waals surface area contributed by atoms with Gasteiger partial charge in [0.1, 0.15) is 11.8 Å². The van der Waals surface area contributed by atoms with E-state index < -0.39 is 0 Å². The predicted molar refractivity (Wildman–Crippen MR) is 80.5 cm³/mol. The fourth-order valence-electron chi connectivity index (χ4n) is 1.98. The second kappa shape index (κ2) is 6.53. The molecule has 5 heteroatoms. The topological polar surface area (TPSA) is 63.5 Å². The van der Waals surface area contributed by atoms with Gasteiger partial charge >= 0.3 is 0 Å². The smallest absolute Gasteiger partial charge is 0.162 e. The molecule has 2 rings (SSSR count). The molecule has 2 aromatic carbocycles. The van der Waals surface area contributed by atoms with Gasteiger partial charge in [-0.3, -0.25) is 0 Å². The van der Waals surface area contributed by atoms with Gasteiger partial charge in [0.05, 0.1) is 32.6 Å². The lowest BCUT2D eigenvalue weighted by molar-refractivity contribution is 0.355. The molecule has 0 aliphatic rings. The monoisotopic (exact) mass is 284 g/mol. The van der Waals surface area contributed by atoms with Crippen LogP contribution in [0.2, 0.25) is 0 Å². The maximum absolute atomic E-state index is 9.21. The molecule has 0 aliphatic carbocycles. The van der Waals surface area contributed by atoms with Crippen molar-refractivity contribution in [3.63, 3.8) is 0 Å². The van der Waals surface area contributed by atoms with Gasteiger partial charge in [-0.1, -0.05) is 6.07 Å². The van der Waals surface area contributed by atoms with Gasteiger partial charge in [0.15, 0.2) is 11.5 Å². The number of nitrogens with zero attached hydrogens (tertiary/aromatic N) is 1. The van der Waals surface area contributed by atoms with Crippen LogP contribution in [0.1, 0.15) is 5.56 Å². The number of benzene rings is 2. The third kappa shape index (κ3) is 3.00. The third-order valence-electron chi connectivity index (χ3n) is 3.02. The molecule has 0 saturated heterocycles. The van der Waals surface area contributed by atoms with Crippen molar-refractivity contribution in [2.24, 2.45) is 0 Å². The Morgan fingerprint density at radius 1 is 0.905 bits per heavy atom. The Hall–Kier alpha value is -2.87. The molecule has 0 atom stereocenters. The summed E-state index contributed by atoms with van der Waals surface area (Å²) in [4.78, 5) is 0. The lowest BCUT2D eigenvalue weighted by atomic mass is 10.1. The SMILES string of the molecule is COc1ccc(Nc2c(C#N)cccc2OC)cc1OC. The molecule has 5 nitrogen and oxygen atoms in total. The van der Waals surface area contributed by atoms with Crippen molar-refractivity contribution in [2.45, 2.75) is 0 Å². The highest BCUT2D eigenvalue weighted by molar-refractivity contribution is 5.74. The fraction of sp³-hybridized carbons (Fsp3) is 0.188. The summed E-state index contributed by atoms with van der Waals surface area (Å²) < 4.78 is 15.8. The van der Waals surface area contributed by atoms with Gasteiger partial charge in [0.2, 0.25) is 0 Å². The number of methoxy groups -OCH3 is 3. The molecular formula is C16H16N2O3. The van der Waals surface area contributed by atoms with E-state index in [-0.39, 0.29) is 0 Å². The number of hydrogen-bond donors (Lipinski definition) is 1. The van der Waals surface area contributed by atoms with E-state index in [0.29, 0.717) is 28.5 Å². The van der Waals surface area contributed by atoms with E-state index in [4.69, 9.17) is 14.2 Å². The van der Waals surface area contributed by atoms with Crippen LogP contribution in [-0.4, -0.2) is 21.3 Å². The van der Waals surface area contributed by atoms with Gasteiger partial charge < -0.3 is 19.5 Å². The van der Waals surface area contributed by atoms with Crippen LogP contribution in [0.15, 0.2) is 36.4 Å². The summed E-state index contributed by atoms with van der Waals surface area (Å²) in [7, 11) is 4.72. The number of rotatable bonds is 5. The summed E-state index contributed by atoms with van der Waals surface area (Å²) in [5.41, 5.74) is 1.90. The molecule has 0 heterocycles. The standard InChI is InChI=1S/C16H16N2O3/c1-19-13-8-7-12(9-15(13)21-3)18-16-11(10-17)5-4-6-14(16)20-2/h4-9,18H,1-3H3. The zero-order valence-corrected chi connectivity index (χ0v) is 12.1.